The lowest BCUT2D eigenvalue weighted by molar-refractivity contribution is -0.143. The van der Waals surface area contributed by atoms with Crippen LogP contribution in [0.1, 0.15) is 38.5 Å². The second kappa shape index (κ2) is 5.17. The number of piperidine rings is 2. The maximum absolute atomic E-state index is 11.0. The van der Waals surface area contributed by atoms with Crippen molar-refractivity contribution in [1.29, 1.82) is 0 Å². The molecule has 0 amide bonds. The Morgan fingerprint density at radius 1 is 0.833 bits per heavy atom. The number of carboxylic acid groups (broad SMARTS) is 1. The van der Waals surface area contributed by atoms with E-state index in [1.54, 1.807) is 0 Å². The fourth-order valence-corrected chi connectivity index (χ4v) is 4.12. The Hall–Kier alpha value is -0.610. The molecule has 4 heteroatoms. The molecule has 3 rings (SSSR count). The Morgan fingerprint density at radius 2 is 1.44 bits per heavy atom. The number of fused-ring (bicyclic) bond motifs is 1. The van der Waals surface area contributed by atoms with Crippen LogP contribution >= 0.6 is 0 Å². The standard InChI is InChI=1S/C14H24N2O2/c17-14(18)11-4-8-16(9-5-11)13-6-10-15-7-2-1-3-12(13)15/h11-13H,1-10H2,(H,17,18). The smallest absolute Gasteiger partial charge is 0.306 e. The van der Waals surface area contributed by atoms with Crippen LogP contribution < -0.4 is 0 Å². The number of likely N-dealkylation sites (tertiary alicyclic amines) is 1. The van der Waals surface area contributed by atoms with Crippen LogP contribution in [-0.4, -0.2) is 59.1 Å². The van der Waals surface area contributed by atoms with E-state index >= 15 is 0 Å². The molecule has 102 valence electrons. The Labute approximate surface area is 109 Å². The van der Waals surface area contributed by atoms with Crippen LogP contribution in [0.25, 0.3) is 0 Å². The first-order valence-electron chi connectivity index (χ1n) is 7.46. The fourth-order valence-electron chi connectivity index (χ4n) is 4.12. The summed E-state index contributed by atoms with van der Waals surface area (Å²) in [6.07, 6.45) is 7.08. The first-order valence-corrected chi connectivity index (χ1v) is 7.46. The van der Waals surface area contributed by atoms with E-state index in [-0.39, 0.29) is 5.92 Å². The van der Waals surface area contributed by atoms with E-state index in [1.165, 1.54) is 38.8 Å². The van der Waals surface area contributed by atoms with Crippen LogP contribution in [-0.2, 0) is 4.79 Å². The van der Waals surface area contributed by atoms with Crippen molar-refractivity contribution < 1.29 is 9.90 Å². The Morgan fingerprint density at radius 3 is 2.17 bits per heavy atom. The molecule has 0 aromatic rings. The zero-order chi connectivity index (χ0) is 12.5. The predicted molar refractivity (Wildman–Crippen MR) is 69.5 cm³/mol. The van der Waals surface area contributed by atoms with Crippen molar-refractivity contribution >= 4 is 5.97 Å². The number of carbonyl (C=O) groups is 1. The molecule has 0 bridgehead atoms. The first-order chi connectivity index (χ1) is 8.75. The predicted octanol–water partition coefficient (Wildman–Crippen LogP) is 1.41. The molecule has 3 fully saturated rings. The lowest BCUT2D eigenvalue weighted by atomic mass is 9.92. The second-order valence-corrected chi connectivity index (χ2v) is 6.10. The highest BCUT2D eigenvalue weighted by atomic mass is 16.4. The van der Waals surface area contributed by atoms with E-state index in [0.717, 1.165) is 32.0 Å². The summed E-state index contributed by atoms with van der Waals surface area (Å²) in [4.78, 5) is 16.2. The summed E-state index contributed by atoms with van der Waals surface area (Å²) in [7, 11) is 0. The van der Waals surface area contributed by atoms with Crippen LogP contribution in [0.4, 0.5) is 0 Å². The van der Waals surface area contributed by atoms with Gasteiger partial charge in [0.05, 0.1) is 5.92 Å². The zero-order valence-electron chi connectivity index (χ0n) is 11.1. The molecule has 2 unspecified atom stereocenters. The molecule has 0 saturated carbocycles. The van der Waals surface area contributed by atoms with Gasteiger partial charge < -0.3 is 5.11 Å². The largest absolute Gasteiger partial charge is 0.481 e. The minimum absolute atomic E-state index is 0.0925. The lowest BCUT2D eigenvalue weighted by Gasteiger charge is -2.40. The monoisotopic (exact) mass is 252 g/mol. The van der Waals surface area contributed by atoms with Crippen LogP contribution in [0, 0.1) is 5.92 Å². The Bertz CT molecular complexity index is 313. The average Bonchev–Trinajstić information content (AvgIpc) is 2.82. The van der Waals surface area contributed by atoms with Gasteiger partial charge in [-0.3, -0.25) is 14.6 Å². The fraction of sp³-hybridized carbons (Fsp3) is 0.929. The molecule has 4 nitrogen and oxygen atoms in total. The van der Waals surface area contributed by atoms with Gasteiger partial charge in [-0.05, 0) is 51.7 Å². The molecular formula is C14H24N2O2. The Balaban J connectivity index is 1.58. The van der Waals surface area contributed by atoms with Gasteiger partial charge in [0.15, 0.2) is 0 Å². The molecule has 3 aliphatic heterocycles. The maximum atomic E-state index is 11.0. The van der Waals surface area contributed by atoms with Crippen molar-refractivity contribution in [1.82, 2.24) is 9.80 Å². The Kier molecular flexibility index (Phi) is 3.57. The number of nitrogens with zero attached hydrogens (tertiary/aromatic N) is 2. The highest BCUT2D eigenvalue weighted by Crippen LogP contribution is 2.32. The molecular weight excluding hydrogens is 228 g/mol. The summed E-state index contributed by atoms with van der Waals surface area (Å²) >= 11 is 0. The summed E-state index contributed by atoms with van der Waals surface area (Å²) in [5.41, 5.74) is 0. The quantitative estimate of drug-likeness (QED) is 0.807. The van der Waals surface area contributed by atoms with Crippen molar-refractivity contribution in [2.24, 2.45) is 5.92 Å². The van der Waals surface area contributed by atoms with Crippen LogP contribution in [0.2, 0.25) is 0 Å². The zero-order valence-corrected chi connectivity index (χ0v) is 11.1. The minimum atomic E-state index is -0.597. The van der Waals surface area contributed by atoms with E-state index in [9.17, 15) is 4.79 Å². The van der Waals surface area contributed by atoms with Crippen molar-refractivity contribution in [3.8, 4) is 0 Å². The van der Waals surface area contributed by atoms with Crippen LogP contribution in [0.15, 0.2) is 0 Å². The number of carboxylic acids is 1. The van der Waals surface area contributed by atoms with Crippen molar-refractivity contribution in [2.45, 2.75) is 50.6 Å². The number of hydrogen-bond donors (Lipinski definition) is 1. The van der Waals surface area contributed by atoms with Crippen LogP contribution in [0.3, 0.4) is 0 Å². The molecule has 0 aliphatic carbocycles. The first kappa shape index (κ1) is 12.4. The van der Waals surface area contributed by atoms with Gasteiger partial charge in [-0.1, -0.05) is 6.42 Å². The average molecular weight is 252 g/mol. The highest BCUT2D eigenvalue weighted by Gasteiger charge is 2.40. The molecule has 0 radical (unpaired) electrons. The van der Waals surface area contributed by atoms with Gasteiger partial charge in [-0.15, -0.1) is 0 Å². The SMILES string of the molecule is O=C(O)C1CCN(C2CCN3CCCCC23)CC1. The van der Waals surface area contributed by atoms with E-state index in [1.807, 2.05) is 0 Å². The topological polar surface area (TPSA) is 43.8 Å². The van der Waals surface area contributed by atoms with Gasteiger partial charge in [0, 0.05) is 18.6 Å². The third kappa shape index (κ3) is 2.28. The normalized spacial score (nSPS) is 35.6. The molecule has 3 heterocycles. The van der Waals surface area contributed by atoms with E-state index < -0.39 is 5.97 Å². The minimum Gasteiger partial charge on any atom is -0.481 e. The molecule has 0 aromatic heterocycles. The van der Waals surface area contributed by atoms with E-state index in [2.05, 4.69) is 9.80 Å². The summed E-state index contributed by atoms with van der Waals surface area (Å²) in [5.74, 6) is -0.689. The molecule has 3 aliphatic rings. The van der Waals surface area contributed by atoms with Gasteiger partial charge in [-0.25, -0.2) is 0 Å². The molecule has 2 atom stereocenters. The van der Waals surface area contributed by atoms with Gasteiger partial charge >= 0.3 is 5.97 Å². The highest BCUT2D eigenvalue weighted by molar-refractivity contribution is 5.70. The van der Waals surface area contributed by atoms with Crippen molar-refractivity contribution in [3.63, 3.8) is 0 Å². The number of hydrogen-bond acceptors (Lipinski definition) is 3. The van der Waals surface area contributed by atoms with Crippen molar-refractivity contribution in [3.05, 3.63) is 0 Å². The summed E-state index contributed by atoms with van der Waals surface area (Å²) in [6, 6.07) is 1.47. The second-order valence-electron chi connectivity index (χ2n) is 6.10. The molecule has 3 saturated heterocycles. The molecule has 0 spiro atoms. The van der Waals surface area contributed by atoms with Gasteiger partial charge in [0.2, 0.25) is 0 Å². The van der Waals surface area contributed by atoms with E-state index in [0.29, 0.717) is 6.04 Å². The third-order valence-corrected chi connectivity index (χ3v) is 5.17. The summed E-state index contributed by atoms with van der Waals surface area (Å²) < 4.78 is 0. The van der Waals surface area contributed by atoms with E-state index in [4.69, 9.17) is 5.11 Å². The number of rotatable bonds is 2. The number of aliphatic carboxylic acids is 1. The van der Waals surface area contributed by atoms with Gasteiger partial charge in [0.25, 0.3) is 0 Å². The van der Waals surface area contributed by atoms with Gasteiger partial charge in [0.1, 0.15) is 0 Å². The molecule has 1 N–H and O–H groups in total. The summed E-state index contributed by atoms with van der Waals surface area (Å²) in [5, 5.41) is 9.05. The maximum Gasteiger partial charge on any atom is 0.306 e. The molecule has 0 aromatic carbocycles. The van der Waals surface area contributed by atoms with Gasteiger partial charge in [-0.2, -0.15) is 0 Å². The third-order valence-electron chi connectivity index (χ3n) is 5.17. The van der Waals surface area contributed by atoms with Crippen LogP contribution in [0.5, 0.6) is 0 Å². The molecule has 18 heavy (non-hydrogen) atoms. The lowest BCUT2D eigenvalue weighted by Crippen LogP contribution is -2.50. The van der Waals surface area contributed by atoms with Crippen molar-refractivity contribution in [2.75, 3.05) is 26.2 Å². The summed E-state index contributed by atoms with van der Waals surface area (Å²) in [6.45, 7) is 4.53.